The highest BCUT2D eigenvalue weighted by molar-refractivity contribution is 6.02. The molecule has 0 bridgehead atoms. The lowest BCUT2D eigenvalue weighted by Gasteiger charge is -2.13. The number of pyridine rings is 1. The minimum absolute atomic E-state index is 0.533. The van der Waals surface area contributed by atoms with Gasteiger partial charge in [-0.2, -0.15) is 0 Å². The van der Waals surface area contributed by atoms with Crippen molar-refractivity contribution in [2.24, 2.45) is 0 Å². The number of fused-ring (bicyclic) bond motifs is 3. The summed E-state index contributed by atoms with van der Waals surface area (Å²) in [5.41, 5.74) is 12.4. The van der Waals surface area contributed by atoms with Gasteiger partial charge in [-0.05, 0) is 60.5 Å². The maximum atomic E-state index is 7.43. The molecule has 0 amide bonds. The van der Waals surface area contributed by atoms with Gasteiger partial charge in [0.1, 0.15) is 17.7 Å². The summed E-state index contributed by atoms with van der Waals surface area (Å²) in [5, 5.41) is 9.60. The Morgan fingerprint density at radius 2 is 1.75 bits per heavy atom. The largest absolute Gasteiger partial charge is 0.383 e. The molecular formula is C25H21N7. The maximum absolute atomic E-state index is 7.43. The van der Waals surface area contributed by atoms with Gasteiger partial charge in [0, 0.05) is 42.2 Å². The van der Waals surface area contributed by atoms with Gasteiger partial charge >= 0.3 is 0 Å². The standard InChI is InChI=1S/C25H21N7/c1-15-11-17(13-28-23(15)26)16-5-10-21-20(12-16)22-24(31-30-21)29-14-32(22)19-8-6-18(7-9-19)25(2,3)27-4/h5-14H,1-3H3,(H2,26,28). The van der Waals surface area contributed by atoms with E-state index in [2.05, 4.69) is 31.1 Å². The van der Waals surface area contributed by atoms with Gasteiger partial charge in [0.05, 0.1) is 5.52 Å². The first-order valence-corrected chi connectivity index (χ1v) is 10.2. The Morgan fingerprint density at radius 1 is 0.969 bits per heavy atom. The molecule has 0 aliphatic rings. The number of rotatable bonds is 3. The monoisotopic (exact) mass is 419 g/mol. The summed E-state index contributed by atoms with van der Waals surface area (Å²) in [6, 6.07) is 16.1. The second kappa shape index (κ2) is 7.13. The summed E-state index contributed by atoms with van der Waals surface area (Å²) < 4.78 is 2.01. The first-order chi connectivity index (χ1) is 15.4. The number of anilines is 1. The molecule has 3 heterocycles. The Balaban J connectivity index is 1.69. The summed E-state index contributed by atoms with van der Waals surface area (Å²) in [4.78, 5) is 12.5. The van der Waals surface area contributed by atoms with E-state index in [1.165, 1.54) is 0 Å². The van der Waals surface area contributed by atoms with Crippen LogP contribution in [-0.2, 0) is 5.54 Å². The van der Waals surface area contributed by atoms with Gasteiger partial charge in [0.25, 0.3) is 5.54 Å². The van der Waals surface area contributed by atoms with E-state index < -0.39 is 5.54 Å². The van der Waals surface area contributed by atoms with Crippen LogP contribution in [0, 0.1) is 13.5 Å². The first kappa shape index (κ1) is 19.6. The minimum Gasteiger partial charge on any atom is -0.383 e. The highest BCUT2D eigenvalue weighted by atomic mass is 15.2. The third kappa shape index (κ3) is 3.13. The van der Waals surface area contributed by atoms with E-state index >= 15 is 0 Å². The fourth-order valence-corrected chi connectivity index (χ4v) is 3.79. The van der Waals surface area contributed by atoms with Crippen molar-refractivity contribution >= 4 is 27.9 Å². The van der Waals surface area contributed by atoms with Crippen LogP contribution in [0.1, 0.15) is 25.0 Å². The summed E-state index contributed by atoms with van der Waals surface area (Å²) >= 11 is 0. The Labute approximate surface area is 185 Å². The molecule has 0 saturated heterocycles. The van der Waals surface area contributed by atoms with Crippen molar-refractivity contribution in [3.8, 4) is 16.8 Å². The molecule has 7 heteroatoms. The zero-order valence-electron chi connectivity index (χ0n) is 18.0. The SMILES string of the molecule is [C-]#[N+]C(C)(C)c1ccc(-n2cnc3nnc4ccc(-c5cnc(N)c(C)c5)cc4c32)cc1. The molecule has 0 saturated carbocycles. The van der Waals surface area contributed by atoms with Gasteiger partial charge in [0.15, 0.2) is 0 Å². The number of aryl methyl sites for hydroxylation is 1. The zero-order chi connectivity index (χ0) is 22.5. The molecule has 5 rings (SSSR count). The highest BCUT2D eigenvalue weighted by Gasteiger charge is 2.25. The van der Waals surface area contributed by atoms with Crippen molar-refractivity contribution in [1.29, 1.82) is 0 Å². The topological polar surface area (TPSA) is 86.9 Å². The number of imidazole rings is 1. The molecular weight excluding hydrogens is 398 g/mol. The first-order valence-electron chi connectivity index (χ1n) is 10.2. The lowest BCUT2D eigenvalue weighted by Crippen LogP contribution is -2.10. The van der Waals surface area contributed by atoms with Crippen LogP contribution in [0.5, 0.6) is 0 Å². The Morgan fingerprint density at radius 3 is 2.47 bits per heavy atom. The smallest absolute Gasteiger partial charge is 0.252 e. The normalized spacial score (nSPS) is 11.7. The van der Waals surface area contributed by atoms with E-state index in [9.17, 15) is 0 Å². The van der Waals surface area contributed by atoms with Crippen molar-refractivity contribution in [3.05, 3.63) is 83.6 Å². The van der Waals surface area contributed by atoms with Crippen LogP contribution >= 0.6 is 0 Å². The van der Waals surface area contributed by atoms with Gasteiger partial charge < -0.3 is 10.6 Å². The van der Waals surface area contributed by atoms with E-state index in [0.29, 0.717) is 11.5 Å². The van der Waals surface area contributed by atoms with Gasteiger partial charge in [-0.25, -0.2) is 16.5 Å². The molecule has 7 nitrogen and oxygen atoms in total. The molecule has 0 aliphatic heterocycles. The Hall–Kier alpha value is -4.31. The van der Waals surface area contributed by atoms with Crippen molar-refractivity contribution < 1.29 is 0 Å². The van der Waals surface area contributed by atoms with Gasteiger partial charge in [-0.15, -0.1) is 10.2 Å². The van der Waals surface area contributed by atoms with E-state index in [1.807, 2.05) is 67.8 Å². The van der Waals surface area contributed by atoms with Crippen LogP contribution in [0.25, 0.3) is 43.7 Å². The minimum atomic E-state index is -0.562. The molecule has 0 atom stereocenters. The van der Waals surface area contributed by atoms with E-state index in [4.69, 9.17) is 12.3 Å². The molecule has 2 aromatic carbocycles. The number of aromatic nitrogens is 5. The van der Waals surface area contributed by atoms with Crippen molar-refractivity contribution in [2.45, 2.75) is 26.3 Å². The quantitative estimate of drug-likeness (QED) is 0.412. The molecule has 0 unspecified atom stereocenters. The fraction of sp³-hybridized carbons (Fsp3) is 0.160. The number of nitrogens with two attached hydrogens (primary N) is 1. The molecule has 0 radical (unpaired) electrons. The predicted octanol–water partition coefficient (Wildman–Crippen LogP) is 5.08. The fourth-order valence-electron chi connectivity index (χ4n) is 3.79. The Bertz CT molecular complexity index is 1520. The Kier molecular flexibility index (Phi) is 4.38. The number of nitrogen functional groups attached to an aromatic ring is 1. The third-order valence-electron chi connectivity index (χ3n) is 5.84. The second-order valence-electron chi connectivity index (χ2n) is 8.36. The van der Waals surface area contributed by atoms with Gasteiger partial charge in [-0.1, -0.05) is 6.07 Å². The van der Waals surface area contributed by atoms with Crippen molar-refractivity contribution in [2.75, 3.05) is 5.73 Å². The highest BCUT2D eigenvalue weighted by Crippen LogP contribution is 2.31. The molecule has 0 spiro atoms. The van der Waals surface area contributed by atoms with Crippen molar-refractivity contribution in [1.82, 2.24) is 24.7 Å². The number of hydrogen-bond donors (Lipinski definition) is 1. The summed E-state index contributed by atoms with van der Waals surface area (Å²) in [6.45, 7) is 13.2. The van der Waals surface area contributed by atoms with Crippen molar-refractivity contribution in [3.63, 3.8) is 0 Å². The zero-order valence-corrected chi connectivity index (χ0v) is 18.0. The summed E-state index contributed by atoms with van der Waals surface area (Å²) in [7, 11) is 0. The molecule has 2 N–H and O–H groups in total. The average Bonchev–Trinajstić information content (AvgIpc) is 3.25. The number of hydrogen-bond acceptors (Lipinski definition) is 5. The number of benzene rings is 2. The predicted molar refractivity (Wildman–Crippen MR) is 126 cm³/mol. The van der Waals surface area contributed by atoms with Crippen LogP contribution in [0.4, 0.5) is 5.82 Å². The lowest BCUT2D eigenvalue weighted by atomic mass is 9.95. The van der Waals surface area contributed by atoms with Crippen LogP contribution in [0.15, 0.2) is 61.1 Å². The third-order valence-corrected chi connectivity index (χ3v) is 5.84. The molecule has 0 fully saturated rings. The molecule has 5 aromatic rings. The van der Waals surface area contributed by atoms with Gasteiger partial charge in [-0.3, -0.25) is 4.57 Å². The summed E-state index contributed by atoms with van der Waals surface area (Å²) in [5.74, 6) is 0.533. The van der Waals surface area contributed by atoms with Crippen LogP contribution in [-0.4, -0.2) is 24.7 Å². The average molecular weight is 419 g/mol. The van der Waals surface area contributed by atoms with E-state index in [-0.39, 0.29) is 0 Å². The van der Waals surface area contributed by atoms with Crippen LogP contribution in [0.3, 0.4) is 0 Å². The summed E-state index contributed by atoms with van der Waals surface area (Å²) in [6.07, 6.45) is 3.54. The number of nitrogens with zero attached hydrogens (tertiary/aromatic N) is 6. The molecule has 156 valence electrons. The maximum Gasteiger partial charge on any atom is 0.252 e. The molecule has 3 aromatic heterocycles. The van der Waals surface area contributed by atoms with E-state index in [1.54, 1.807) is 12.5 Å². The van der Waals surface area contributed by atoms with Gasteiger partial charge in [0.2, 0.25) is 5.65 Å². The second-order valence-corrected chi connectivity index (χ2v) is 8.36. The lowest BCUT2D eigenvalue weighted by molar-refractivity contribution is 0.664. The molecule has 0 aliphatic carbocycles. The molecule has 32 heavy (non-hydrogen) atoms. The van der Waals surface area contributed by atoms with E-state index in [0.717, 1.165) is 44.4 Å². The van der Waals surface area contributed by atoms with Crippen LogP contribution in [0.2, 0.25) is 0 Å². The van der Waals surface area contributed by atoms with Crippen LogP contribution < -0.4 is 5.73 Å².